The maximum absolute atomic E-state index is 9.05. The second-order valence-electron chi connectivity index (χ2n) is 5.73. The summed E-state index contributed by atoms with van der Waals surface area (Å²) in [5, 5.41) is 18.9. The number of nitrogens with two attached hydrogens (primary N) is 2. The number of H-pyrrole nitrogens is 1. The fraction of sp³-hybridized carbons (Fsp3) is 0.389. The van der Waals surface area contributed by atoms with Crippen LogP contribution in [0.3, 0.4) is 0 Å². The highest BCUT2D eigenvalue weighted by Crippen LogP contribution is 2.22. The molecule has 0 radical (unpaired) electrons. The van der Waals surface area contributed by atoms with Crippen LogP contribution in [0.15, 0.2) is 23.2 Å². The maximum Gasteiger partial charge on any atom is 0.193 e. The standard InChI is InChI=1S/C18H25N7/c1-3-12-7-5-8-13(4-2)16(12)23-18(21)22-10-6-9-15-14(11-19)17(20)25-24-15/h5,7-8H,3-4,6,9-10H2,1-2H3,(H3,20,24,25)(H3,21,22,23). The summed E-state index contributed by atoms with van der Waals surface area (Å²) in [6.45, 7) is 4.80. The van der Waals surface area contributed by atoms with E-state index in [0.717, 1.165) is 30.6 Å². The van der Waals surface area contributed by atoms with Gasteiger partial charge in [0.15, 0.2) is 11.8 Å². The molecule has 0 saturated heterocycles. The normalized spacial score (nSPS) is 11.3. The molecule has 7 nitrogen and oxygen atoms in total. The van der Waals surface area contributed by atoms with Gasteiger partial charge in [0.05, 0.1) is 5.69 Å². The molecule has 0 unspecified atom stereocenters. The molecule has 25 heavy (non-hydrogen) atoms. The minimum Gasteiger partial charge on any atom is -0.381 e. The fourth-order valence-electron chi connectivity index (χ4n) is 2.73. The third-order valence-corrected chi connectivity index (χ3v) is 4.10. The van der Waals surface area contributed by atoms with Crippen molar-refractivity contribution in [2.75, 3.05) is 17.6 Å². The molecule has 0 spiro atoms. The Bertz CT molecular complexity index is 761. The summed E-state index contributed by atoms with van der Waals surface area (Å²) in [4.78, 5) is 4.38. The van der Waals surface area contributed by atoms with Gasteiger partial charge < -0.3 is 16.8 Å². The van der Waals surface area contributed by atoms with Crippen LogP contribution in [0.1, 0.15) is 42.7 Å². The molecule has 0 saturated carbocycles. The predicted molar refractivity (Wildman–Crippen MR) is 101 cm³/mol. The van der Waals surface area contributed by atoms with E-state index in [2.05, 4.69) is 58.6 Å². The number of guanidine groups is 1. The Morgan fingerprint density at radius 2 is 2.00 bits per heavy atom. The maximum atomic E-state index is 9.05. The Balaban J connectivity index is 1.96. The molecule has 0 aliphatic rings. The van der Waals surface area contributed by atoms with Crippen molar-refractivity contribution < 1.29 is 0 Å². The zero-order valence-corrected chi connectivity index (χ0v) is 14.8. The number of aromatic nitrogens is 2. The lowest BCUT2D eigenvalue weighted by Gasteiger charge is -2.14. The van der Waals surface area contributed by atoms with Gasteiger partial charge in [-0.2, -0.15) is 10.4 Å². The lowest BCUT2D eigenvalue weighted by atomic mass is 10.0. The monoisotopic (exact) mass is 339 g/mol. The van der Waals surface area contributed by atoms with Gasteiger partial charge >= 0.3 is 0 Å². The number of nitrogen functional groups attached to an aromatic ring is 1. The summed E-state index contributed by atoms with van der Waals surface area (Å²) in [6, 6.07) is 8.32. The number of anilines is 2. The Hall–Kier alpha value is -3.01. The predicted octanol–water partition coefficient (Wildman–Crippen LogP) is 2.35. The summed E-state index contributed by atoms with van der Waals surface area (Å²) < 4.78 is 0. The van der Waals surface area contributed by atoms with Crippen LogP contribution in [0.5, 0.6) is 0 Å². The molecule has 0 aliphatic heterocycles. The van der Waals surface area contributed by atoms with Crippen molar-refractivity contribution >= 4 is 17.5 Å². The van der Waals surface area contributed by atoms with Gasteiger partial charge in [-0.3, -0.25) is 10.1 Å². The number of nitrogens with one attached hydrogen (secondary N) is 2. The van der Waals surface area contributed by atoms with Crippen molar-refractivity contribution in [1.82, 2.24) is 10.2 Å². The van der Waals surface area contributed by atoms with Crippen LogP contribution in [0.25, 0.3) is 0 Å². The lowest BCUT2D eigenvalue weighted by Crippen LogP contribution is -2.24. The first kappa shape index (κ1) is 18.3. The third kappa shape index (κ3) is 4.51. The lowest BCUT2D eigenvalue weighted by molar-refractivity contribution is 0.802. The van der Waals surface area contributed by atoms with E-state index in [9.17, 15) is 0 Å². The van der Waals surface area contributed by atoms with E-state index in [4.69, 9.17) is 16.7 Å². The summed E-state index contributed by atoms with van der Waals surface area (Å²) in [7, 11) is 0. The van der Waals surface area contributed by atoms with E-state index >= 15 is 0 Å². The first-order valence-electron chi connectivity index (χ1n) is 8.51. The van der Waals surface area contributed by atoms with Crippen LogP contribution >= 0.6 is 0 Å². The molecule has 0 fully saturated rings. The highest BCUT2D eigenvalue weighted by atomic mass is 15.2. The molecule has 0 bridgehead atoms. The molecule has 0 aliphatic carbocycles. The van der Waals surface area contributed by atoms with Gasteiger partial charge in [-0.15, -0.1) is 0 Å². The average molecular weight is 339 g/mol. The molecule has 0 atom stereocenters. The summed E-state index contributed by atoms with van der Waals surface area (Å²) >= 11 is 0. The number of rotatable bonds is 7. The number of hydrogen-bond acceptors (Lipinski definition) is 4. The number of aromatic amines is 1. The van der Waals surface area contributed by atoms with Crippen molar-refractivity contribution in [1.29, 1.82) is 5.26 Å². The second-order valence-corrected chi connectivity index (χ2v) is 5.73. The molecule has 2 aromatic rings. The molecule has 132 valence electrons. The first-order chi connectivity index (χ1) is 12.1. The Morgan fingerprint density at radius 1 is 1.32 bits per heavy atom. The van der Waals surface area contributed by atoms with Crippen LogP contribution in [0.2, 0.25) is 0 Å². The van der Waals surface area contributed by atoms with Crippen molar-refractivity contribution in [2.24, 2.45) is 10.7 Å². The molecule has 1 aromatic carbocycles. The average Bonchev–Trinajstić information content (AvgIpc) is 2.98. The highest BCUT2D eigenvalue weighted by molar-refractivity contribution is 5.93. The molecular weight excluding hydrogens is 314 g/mol. The van der Waals surface area contributed by atoms with E-state index in [1.54, 1.807) is 0 Å². The Kier molecular flexibility index (Phi) is 6.40. The van der Waals surface area contributed by atoms with Gasteiger partial charge in [-0.1, -0.05) is 32.0 Å². The minimum absolute atomic E-state index is 0.241. The Labute approximate surface area is 148 Å². The molecule has 7 heteroatoms. The van der Waals surface area contributed by atoms with Crippen LogP contribution in [0.4, 0.5) is 11.5 Å². The van der Waals surface area contributed by atoms with Crippen molar-refractivity contribution in [3.8, 4) is 6.07 Å². The van der Waals surface area contributed by atoms with Gasteiger partial charge in [0.1, 0.15) is 11.6 Å². The van der Waals surface area contributed by atoms with Crippen molar-refractivity contribution in [3.05, 3.63) is 40.6 Å². The quantitative estimate of drug-likeness (QED) is 0.349. The third-order valence-electron chi connectivity index (χ3n) is 4.10. The van der Waals surface area contributed by atoms with Crippen LogP contribution in [-0.4, -0.2) is 22.7 Å². The fourth-order valence-corrected chi connectivity index (χ4v) is 2.73. The molecule has 2 rings (SSSR count). The molecule has 6 N–H and O–H groups in total. The number of nitrogens with zero attached hydrogens (tertiary/aromatic N) is 3. The number of nitriles is 1. The van der Waals surface area contributed by atoms with Gasteiger partial charge in [-0.25, -0.2) is 0 Å². The SMILES string of the molecule is CCc1cccc(CC)c1NC(N)=NCCCc1[nH]nc(N)c1C#N. The largest absolute Gasteiger partial charge is 0.381 e. The van der Waals surface area contributed by atoms with Crippen LogP contribution < -0.4 is 16.8 Å². The van der Waals surface area contributed by atoms with Gasteiger partial charge in [0, 0.05) is 12.2 Å². The van der Waals surface area contributed by atoms with Gasteiger partial charge in [0.25, 0.3) is 0 Å². The zero-order valence-electron chi connectivity index (χ0n) is 14.8. The molecule has 0 amide bonds. The van der Waals surface area contributed by atoms with Gasteiger partial charge in [0.2, 0.25) is 0 Å². The van der Waals surface area contributed by atoms with Crippen molar-refractivity contribution in [3.63, 3.8) is 0 Å². The van der Waals surface area contributed by atoms with E-state index in [-0.39, 0.29) is 5.82 Å². The zero-order chi connectivity index (χ0) is 18.2. The molecular formula is C18H25N7. The van der Waals surface area contributed by atoms with Crippen LogP contribution in [-0.2, 0) is 19.3 Å². The minimum atomic E-state index is 0.241. The van der Waals surface area contributed by atoms with E-state index in [1.165, 1.54) is 11.1 Å². The molecule has 1 heterocycles. The van der Waals surface area contributed by atoms with Gasteiger partial charge in [-0.05, 0) is 36.8 Å². The van der Waals surface area contributed by atoms with E-state index in [1.807, 2.05) is 0 Å². The number of aliphatic imine (C=N–C) groups is 1. The number of aryl methyl sites for hydroxylation is 3. The highest BCUT2D eigenvalue weighted by Gasteiger charge is 2.10. The van der Waals surface area contributed by atoms with E-state index < -0.39 is 0 Å². The van der Waals surface area contributed by atoms with Crippen LogP contribution in [0, 0.1) is 11.3 Å². The number of benzene rings is 1. The topological polar surface area (TPSA) is 129 Å². The van der Waals surface area contributed by atoms with Crippen molar-refractivity contribution in [2.45, 2.75) is 39.5 Å². The first-order valence-corrected chi connectivity index (χ1v) is 8.51. The summed E-state index contributed by atoms with van der Waals surface area (Å²) in [5.41, 5.74) is 16.3. The number of para-hydroxylation sites is 1. The smallest absolute Gasteiger partial charge is 0.193 e. The Morgan fingerprint density at radius 3 is 2.60 bits per heavy atom. The number of hydrogen-bond donors (Lipinski definition) is 4. The molecule has 1 aromatic heterocycles. The summed E-state index contributed by atoms with van der Waals surface area (Å²) in [6.07, 6.45) is 3.26. The second kappa shape index (κ2) is 8.73. The summed E-state index contributed by atoms with van der Waals surface area (Å²) in [5.74, 6) is 0.644. The van der Waals surface area contributed by atoms with E-state index in [0.29, 0.717) is 24.5 Å².